The molecule has 10 heteroatoms. The molecule has 2 aromatic heterocycles. The van der Waals surface area contributed by atoms with E-state index >= 15 is 0 Å². The first-order valence-electron chi connectivity index (χ1n) is 7.85. The van der Waals surface area contributed by atoms with Gasteiger partial charge in [-0.15, -0.1) is 11.3 Å². The van der Waals surface area contributed by atoms with Crippen molar-refractivity contribution < 1.29 is 14.5 Å². The number of ether oxygens (including phenoxy) is 1. The Bertz CT molecular complexity index is 1160. The van der Waals surface area contributed by atoms with E-state index in [1.54, 1.807) is 11.6 Å². The number of thiazole rings is 1. The summed E-state index contributed by atoms with van der Waals surface area (Å²) in [4.78, 5) is 35.3. The van der Waals surface area contributed by atoms with Gasteiger partial charge in [0.15, 0.2) is 5.70 Å². The minimum Gasteiger partial charge on any atom is -0.402 e. The highest BCUT2D eigenvalue weighted by Gasteiger charge is 2.26. The van der Waals surface area contributed by atoms with E-state index in [4.69, 9.17) is 16.3 Å². The number of nitro benzene ring substituents is 1. The van der Waals surface area contributed by atoms with Gasteiger partial charge >= 0.3 is 5.97 Å². The first-order valence-corrected chi connectivity index (χ1v) is 9.11. The molecule has 28 heavy (non-hydrogen) atoms. The summed E-state index contributed by atoms with van der Waals surface area (Å²) in [5.41, 5.74) is 1.29. The van der Waals surface area contributed by atoms with Crippen LogP contribution in [0.3, 0.4) is 0 Å². The quantitative estimate of drug-likeness (QED) is 0.276. The van der Waals surface area contributed by atoms with E-state index in [9.17, 15) is 14.9 Å². The molecule has 3 aromatic rings. The molecule has 1 aliphatic heterocycles. The Labute approximate surface area is 167 Å². The normalized spacial score (nSPS) is 14.8. The van der Waals surface area contributed by atoms with Gasteiger partial charge in [-0.2, -0.15) is 0 Å². The van der Waals surface area contributed by atoms with Crippen molar-refractivity contribution in [2.75, 3.05) is 0 Å². The molecule has 0 N–H and O–H groups in total. The summed E-state index contributed by atoms with van der Waals surface area (Å²) in [7, 11) is 0. The first kappa shape index (κ1) is 18.0. The molecular formula is C18H9ClN4O4S. The second-order valence-corrected chi connectivity index (χ2v) is 6.82. The van der Waals surface area contributed by atoms with Gasteiger partial charge in [0.05, 0.1) is 16.3 Å². The van der Waals surface area contributed by atoms with Crippen LogP contribution in [0.15, 0.2) is 58.7 Å². The number of rotatable bonds is 4. The lowest BCUT2D eigenvalue weighted by molar-refractivity contribution is -0.384. The molecule has 0 bridgehead atoms. The van der Waals surface area contributed by atoms with E-state index in [0.717, 1.165) is 5.69 Å². The van der Waals surface area contributed by atoms with Crippen LogP contribution in [0.5, 0.6) is 0 Å². The van der Waals surface area contributed by atoms with Gasteiger partial charge in [-0.05, 0) is 30.3 Å². The highest BCUT2D eigenvalue weighted by atomic mass is 35.5. The Kier molecular flexibility index (Phi) is 4.68. The van der Waals surface area contributed by atoms with E-state index in [1.807, 2.05) is 18.2 Å². The van der Waals surface area contributed by atoms with Crippen molar-refractivity contribution in [1.29, 1.82) is 0 Å². The van der Waals surface area contributed by atoms with Crippen LogP contribution >= 0.6 is 22.9 Å². The average Bonchev–Trinajstić information content (AvgIpc) is 3.30. The van der Waals surface area contributed by atoms with Crippen LogP contribution in [0.1, 0.15) is 11.3 Å². The molecule has 138 valence electrons. The summed E-state index contributed by atoms with van der Waals surface area (Å²) in [6.07, 6.45) is 3.16. The number of esters is 1. The molecule has 3 heterocycles. The molecule has 0 radical (unpaired) electrons. The Hall–Kier alpha value is -3.43. The lowest BCUT2D eigenvalue weighted by Gasteiger charge is -2.00. The zero-order chi connectivity index (χ0) is 19.7. The molecule has 0 amide bonds. The molecule has 0 saturated heterocycles. The molecule has 8 nitrogen and oxygen atoms in total. The lowest BCUT2D eigenvalue weighted by Crippen LogP contribution is -2.06. The number of nitro groups is 1. The average molecular weight is 413 g/mol. The number of nitrogens with zero attached hydrogens (tertiary/aromatic N) is 4. The van der Waals surface area contributed by atoms with Crippen molar-refractivity contribution in [3.8, 4) is 10.7 Å². The predicted octanol–water partition coefficient (Wildman–Crippen LogP) is 4.11. The number of carbonyl (C=O) groups is 1. The number of carbonyl (C=O) groups excluding carboxylic acids is 1. The van der Waals surface area contributed by atoms with Gasteiger partial charge in [0.1, 0.15) is 10.0 Å². The molecule has 0 atom stereocenters. The molecule has 0 saturated carbocycles. The van der Waals surface area contributed by atoms with Crippen molar-refractivity contribution in [2.45, 2.75) is 0 Å². The van der Waals surface area contributed by atoms with Crippen molar-refractivity contribution in [3.05, 3.63) is 80.1 Å². The van der Waals surface area contributed by atoms with E-state index < -0.39 is 10.9 Å². The fourth-order valence-electron chi connectivity index (χ4n) is 2.42. The minimum absolute atomic E-state index is 0.0148. The summed E-state index contributed by atoms with van der Waals surface area (Å²) in [6.45, 7) is 0. The second-order valence-electron chi connectivity index (χ2n) is 5.55. The molecular weight excluding hydrogens is 404 g/mol. The maximum Gasteiger partial charge on any atom is 0.363 e. The van der Waals surface area contributed by atoms with Crippen molar-refractivity contribution in [1.82, 2.24) is 9.97 Å². The summed E-state index contributed by atoms with van der Waals surface area (Å²) < 4.78 is 5.14. The zero-order valence-corrected chi connectivity index (χ0v) is 15.5. The number of benzene rings is 1. The first-order chi connectivity index (χ1) is 13.5. The van der Waals surface area contributed by atoms with Crippen LogP contribution < -0.4 is 0 Å². The Morgan fingerprint density at radius 2 is 2.11 bits per heavy atom. The maximum atomic E-state index is 12.1. The number of hydrogen-bond acceptors (Lipinski definition) is 8. The lowest BCUT2D eigenvalue weighted by atomic mass is 10.2. The number of hydrogen-bond donors (Lipinski definition) is 0. The van der Waals surface area contributed by atoms with Crippen LogP contribution in [-0.2, 0) is 9.53 Å². The van der Waals surface area contributed by atoms with Crippen molar-refractivity contribution in [3.63, 3.8) is 0 Å². The zero-order valence-electron chi connectivity index (χ0n) is 13.9. The summed E-state index contributed by atoms with van der Waals surface area (Å²) in [6, 6.07) is 9.56. The van der Waals surface area contributed by atoms with E-state index in [0.29, 0.717) is 10.7 Å². The third-order valence-electron chi connectivity index (χ3n) is 3.70. The molecule has 0 spiro atoms. The Morgan fingerprint density at radius 1 is 1.25 bits per heavy atom. The van der Waals surface area contributed by atoms with Gasteiger partial charge in [-0.3, -0.25) is 15.1 Å². The fourth-order valence-corrected chi connectivity index (χ4v) is 3.36. The highest BCUT2D eigenvalue weighted by Crippen LogP contribution is 2.28. The molecule has 0 fully saturated rings. The molecule has 0 unspecified atom stereocenters. The van der Waals surface area contributed by atoms with Gasteiger partial charge in [0, 0.05) is 23.2 Å². The maximum absolute atomic E-state index is 12.1. The van der Waals surface area contributed by atoms with E-state index in [1.165, 1.54) is 35.6 Å². The van der Waals surface area contributed by atoms with Gasteiger partial charge in [-0.25, -0.2) is 14.8 Å². The van der Waals surface area contributed by atoms with E-state index in [-0.39, 0.29) is 27.9 Å². The molecule has 0 aliphatic carbocycles. The third kappa shape index (κ3) is 3.53. The molecule has 1 aromatic carbocycles. The third-order valence-corrected chi connectivity index (χ3v) is 4.90. The monoisotopic (exact) mass is 412 g/mol. The van der Waals surface area contributed by atoms with Crippen LogP contribution in [0, 0.1) is 10.1 Å². The minimum atomic E-state index is -0.667. The summed E-state index contributed by atoms with van der Waals surface area (Å²) >= 11 is 7.19. The predicted molar refractivity (Wildman–Crippen MR) is 104 cm³/mol. The summed E-state index contributed by atoms with van der Waals surface area (Å²) in [5.74, 6) is -0.698. The molecule has 1 aliphatic rings. The van der Waals surface area contributed by atoms with Crippen LogP contribution in [-0.4, -0.2) is 26.8 Å². The second kappa shape index (κ2) is 7.29. The Balaban J connectivity index is 1.64. The molecule has 4 rings (SSSR count). The van der Waals surface area contributed by atoms with Gasteiger partial charge < -0.3 is 4.74 Å². The van der Waals surface area contributed by atoms with Crippen molar-refractivity contribution in [2.24, 2.45) is 4.99 Å². The van der Waals surface area contributed by atoms with Gasteiger partial charge in [0.25, 0.3) is 5.69 Å². The van der Waals surface area contributed by atoms with Crippen LogP contribution in [0.2, 0.25) is 5.02 Å². The number of halogens is 1. The van der Waals surface area contributed by atoms with E-state index in [2.05, 4.69) is 15.0 Å². The number of pyridine rings is 1. The smallest absolute Gasteiger partial charge is 0.363 e. The van der Waals surface area contributed by atoms with Gasteiger partial charge in [0.2, 0.25) is 5.90 Å². The Morgan fingerprint density at radius 3 is 2.86 bits per heavy atom. The van der Waals surface area contributed by atoms with Gasteiger partial charge in [-0.1, -0.05) is 17.7 Å². The standard InChI is InChI=1S/C18H9ClN4O4S/c19-12-5-4-10(7-15(12)23(25)26)16-22-14(18(24)27-16)8-11-9-28-17(21-11)13-3-1-2-6-20-13/h1-9H. The number of cyclic esters (lactones) is 1. The van der Waals surface area contributed by atoms with Crippen molar-refractivity contribution >= 4 is 46.6 Å². The van der Waals surface area contributed by atoms with Crippen LogP contribution in [0.25, 0.3) is 16.8 Å². The van der Waals surface area contributed by atoms with Crippen LogP contribution in [0.4, 0.5) is 5.69 Å². The topological polar surface area (TPSA) is 108 Å². The SMILES string of the molecule is O=C1OC(c2ccc(Cl)c([N+](=O)[O-])c2)=NC1=Cc1csc(-c2ccccn2)n1. The largest absolute Gasteiger partial charge is 0.402 e. The number of aromatic nitrogens is 2. The number of aliphatic imine (C=N–C) groups is 1. The summed E-state index contributed by atoms with van der Waals surface area (Å²) in [5, 5.41) is 13.5. The fraction of sp³-hybridized carbons (Fsp3) is 0. The highest BCUT2D eigenvalue weighted by molar-refractivity contribution is 7.13.